The third kappa shape index (κ3) is 4.77. The summed E-state index contributed by atoms with van der Waals surface area (Å²) >= 11 is 0. The predicted octanol–water partition coefficient (Wildman–Crippen LogP) is 2.89. The molecule has 16 heavy (non-hydrogen) atoms. The van der Waals surface area contributed by atoms with Crippen molar-refractivity contribution in [3.05, 3.63) is 35.9 Å². The molecule has 0 bridgehead atoms. The lowest BCUT2D eigenvalue weighted by molar-refractivity contribution is 0.381. The fourth-order valence-corrected chi connectivity index (χ4v) is 1.91. The number of rotatable bonds is 7. The largest absolute Gasteiger partial charge is 0.271 e. The van der Waals surface area contributed by atoms with Crippen molar-refractivity contribution >= 4 is 0 Å². The van der Waals surface area contributed by atoms with Gasteiger partial charge in [-0.25, -0.2) is 0 Å². The lowest BCUT2D eigenvalue weighted by Gasteiger charge is -2.19. The maximum absolute atomic E-state index is 5.59. The molecule has 1 aromatic carbocycles. The molecule has 0 spiro atoms. The number of nitrogens with two attached hydrogens (primary N) is 1. The van der Waals surface area contributed by atoms with Gasteiger partial charge in [-0.15, -0.1) is 0 Å². The molecule has 2 atom stereocenters. The SMILES string of the molecule is CCC(C)CC(CCc1ccccc1)NN. The van der Waals surface area contributed by atoms with Crippen LogP contribution in [0.2, 0.25) is 0 Å². The molecule has 0 saturated heterocycles. The predicted molar refractivity (Wildman–Crippen MR) is 69.9 cm³/mol. The van der Waals surface area contributed by atoms with Gasteiger partial charge in [0.2, 0.25) is 0 Å². The van der Waals surface area contributed by atoms with Gasteiger partial charge in [-0.3, -0.25) is 11.3 Å². The van der Waals surface area contributed by atoms with Crippen LogP contribution < -0.4 is 11.3 Å². The minimum Gasteiger partial charge on any atom is -0.271 e. The molecule has 90 valence electrons. The number of hydrazine groups is 1. The van der Waals surface area contributed by atoms with Gasteiger partial charge in [0.25, 0.3) is 0 Å². The Bertz CT molecular complexity index is 271. The van der Waals surface area contributed by atoms with Gasteiger partial charge < -0.3 is 0 Å². The van der Waals surface area contributed by atoms with Gasteiger partial charge in [-0.1, -0.05) is 50.6 Å². The van der Waals surface area contributed by atoms with E-state index in [0.29, 0.717) is 6.04 Å². The molecule has 0 aliphatic carbocycles. The Morgan fingerprint density at radius 1 is 1.25 bits per heavy atom. The van der Waals surface area contributed by atoms with Crippen molar-refractivity contribution in [1.29, 1.82) is 0 Å². The molecular weight excluding hydrogens is 196 g/mol. The van der Waals surface area contributed by atoms with Gasteiger partial charge in [-0.2, -0.15) is 0 Å². The van der Waals surface area contributed by atoms with Gasteiger partial charge in [-0.05, 0) is 30.7 Å². The summed E-state index contributed by atoms with van der Waals surface area (Å²) in [6.07, 6.45) is 4.61. The number of hydrogen-bond acceptors (Lipinski definition) is 2. The lowest BCUT2D eigenvalue weighted by atomic mass is 9.95. The molecule has 0 fully saturated rings. The van der Waals surface area contributed by atoms with E-state index in [1.807, 2.05) is 0 Å². The summed E-state index contributed by atoms with van der Waals surface area (Å²) in [5.74, 6) is 6.34. The van der Waals surface area contributed by atoms with E-state index in [1.54, 1.807) is 0 Å². The van der Waals surface area contributed by atoms with Gasteiger partial charge in [0.1, 0.15) is 0 Å². The smallest absolute Gasteiger partial charge is 0.0216 e. The van der Waals surface area contributed by atoms with E-state index in [-0.39, 0.29) is 0 Å². The third-order valence-corrected chi connectivity index (χ3v) is 3.24. The van der Waals surface area contributed by atoms with Crippen LogP contribution in [0.5, 0.6) is 0 Å². The van der Waals surface area contributed by atoms with Crippen molar-refractivity contribution in [2.24, 2.45) is 11.8 Å². The zero-order valence-corrected chi connectivity index (χ0v) is 10.4. The van der Waals surface area contributed by atoms with Crippen LogP contribution in [0.3, 0.4) is 0 Å². The first-order valence-corrected chi connectivity index (χ1v) is 6.26. The summed E-state index contributed by atoms with van der Waals surface area (Å²) in [6.45, 7) is 4.52. The highest BCUT2D eigenvalue weighted by molar-refractivity contribution is 5.14. The Labute approximate surface area is 99.2 Å². The minimum absolute atomic E-state index is 0.440. The molecule has 1 aromatic rings. The van der Waals surface area contributed by atoms with E-state index in [9.17, 15) is 0 Å². The van der Waals surface area contributed by atoms with Crippen LogP contribution in [0.25, 0.3) is 0 Å². The zero-order valence-electron chi connectivity index (χ0n) is 10.4. The summed E-state index contributed by atoms with van der Waals surface area (Å²) in [5, 5.41) is 0. The second-order valence-electron chi connectivity index (χ2n) is 4.64. The van der Waals surface area contributed by atoms with Crippen LogP contribution in [0.4, 0.5) is 0 Å². The third-order valence-electron chi connectivity index (χ3n) is 3.24. The Morgan fingerprint density at radius 3 is 2.50 bits per heavy atom. The summed E-state index contributed by atoms with van der Waals surface area (Å²) in [6, 6.07) is 11.0. The molecule has 0 amide bonds. The Hall–Kier alpha value is -0.860. The fourth-order valence-electron chi connectivity index (χ4n) is 1.91. The van der Waals surface area contributed by atoms with Crippen molar-refractivity contribution in [2.75, 3.05) is 0 Å². The molecule has 1 rings (SSSR count). The standard InChI is InChI=1S/C14H24N2/c1-3-12(2)11-14(16-15)10-9-13-7-5-4-6-8-13/h4-8,12,14,16H,3,9-11,15H2,1-2H3. The van der Waals surface area contributed by atoms with Crippen molar-refractivity contribution in [3.8, 4) is 0 Å². The van der Waals surface area contributed by atoms with Crippen LogP contribution in [-0.4, -0.2) is 6.04 Å². The van der Waals surface area contributed by atoms with Gasteiger partial charge in [0.05, 0.1) is 0 Å². The van der Waals surface area contributed by atoms with Crippen molar-refractivity contribution in [1.82, 2.24) is 5.43 Å². The van der Waals surface area contributed by atoms with Crippen LogP contribution >= 0.6 is 0 Å². The number of hydrogen-bond donors (Lipinski definition) is 2. The molecule has 0 aromatic heterocycles. The molecule has 2 unspecified atom stereocenters. The fraction of sp³-hybridized carbons (Fsp3) is 0.571. The van der Waals surface area contributed by atoms with E-state index in [1.165, 1.54) is 18.4 Å². The van der Waals surface area contributed by atoms with E-state index in [0.717, 1.165) is 18.8 Å². The maximum atomic E-state index is 5.59. The van der Waals surface area contributed by atoms with Crippen LogP contribution in [0.15, 0.2) is 30.3 Å². The Balaban J connectivity index is 2.34. The van der Waals surface area contributed by atoms with E-state index >= 15 is 0 Å². The molecule has 0 saturated carbocycles. The van der Waals surface area contributed by atoms with E-state index in [4.69, 9.17) is 5.84 Å². The number of benzene rings is 1. The normalized spacial score (nSPS) is 14.7. The molecule has 0 aliphatic rings. The highest BCUT2D eigenvalue weighted by atomic mass is 15.2. The Morgan fingerprint density at radius 2 is 1.94 bits per heavy atom. The highest BCUT2D eigenvalue weighted by Gasteiger charge is 2.10. The number of nitrogens with one attached hydrogen (secondary N) is 1. The van der Waals surface area contributed by atoms with Crippen LogP contribution in [0.1, 0.15) is 38.7 Å². The second kappa shape index (κ2) is 7.42. The molecule has 0 aliphatic heterocycles. The molecular formula is C14H24N2. The first kappa shape index (κ1) is 13.2. The summed E-state index contributed by atoms with van der Waals surface area (Å²) < 4.78 is 0. The summed E-state index contributed by atoms with van der Waals surface area (Å²) in [7, 11) is 0. The maximum Gasteiger partial charge on any atom is 0.0216 e. The topological polar surface area (TPSA) is 38.0 Å². The Kier molecular flexibility index (Phi) is 6.12. The summed E-state index contributed by atoms with van der Waals surface area (Å²) in [4.78, 5) is 0. The van der Waals surface area contributed by atoms with Crippen molar-refractivity contribution in [2.45, 2.75) is 45.6 Å². The quantitative estimate of drug-likeness (QED) is 0.548. The minimum atomic E-state index is 0.440. The molecule has 0 heterocycles. The molecule has 2 nitrogen and oxygen atoms in total. The van der Waals surface area contributed by atoms with E-state index in [2.05, 4.69) is 49.6 Å². The molecule has 2 heteroatoms. The first-order valence-electron chi connectivity index (χ1n) is 6.26. The van der Waals surface area contributed by atoms with Gasteiger partial charge in [0.15, 0.2) is 0 Å². The van der Waals surface area contributed by atoms with Crippen LogP contribution in [0, 0.1) is 5.92 Å². The number of aryl methyl sites for hydroxylation is 1. The molecule has 3 N–H and O–H groups in total. The zero-order chi connectivity index (χ0) is 11.8. The average Bonchev–Trinajstić information content (AvgIpc) is 2.35. The van der Waals surface area contributed by atoms with Crippen molar-refractivity contribution in [3.63, 3.8) is 0 Å². The van der Waals surface area contributed by atoms with Crippen LogP contribution in [-0.2, 0) is 6.42 Å². The monoisotopic (exact) mass is 220 g/mol. The lowest BCUT2D eigenvalue weighted by Crippen LogP contribution is -2.36. The first-order chi connectivity index (χ1) is 7.76. The van der Waals surface area contributed by atoms with Gasteiger partial charge >= 0.3 is 0 Å². The van der Waals surface area contributed by atoms with Gasteiger partial charge in [0, 0.05) is 6.04 Å². The average molecular weight is 220 g/mol. The summed E-state index contributed by atoms with van der Waals surface area (Å²) in [5.41, 5.74) is 4.33. The highest BCUT2D eigenvalue weighted by Crippen LogP contribution is 2.13. The second-order valence-corrected chi connectivity index (χ2v) is 4.64. The van der Waals surface area contributed by atoms with E-state index < -0.39 is 0 Å². The van der Waals surface area contributed by atoms with Crippen molar-refractivity contribution < 1.29 is 0 Å². The molecule has 0 radical (unpaired) electrons.